The van der Waals surface area contributed by atoms with Crippen molar-refractivity contribution >= 4 is 5.97 Å². The second-order valence-corrected chi connectivity index (χ2v) is 3.05. The van der Waals surface area contributed by atoms with Gasteiger partial charge < -0.3 is 15.6 Å². The maximum absolute atomic E-state index is 11.8. The van der Waals surface area contributed by atoms with E-state index in [1.54, 1.807) is 24.3 Å². The Morgan fingerprint density at radius 2 is 2.07 bits per heavy atom. The molecule has 0 saturated heterocycles. The SMILES string of the molecule is N[C@H](Cc1ccc(OC[18F])cc1)C(=O)O. The van der Waals surface area contributed by atoms with Gasteiger partial charge in [-0.3, -0.25) is 4.79 Å². The highest BCUT2D eigenvalue weighted by Crippen LogP contribution is 2.13. The summed E-state index contributed by atoms with van der Waals surface area (Å²) in [5.74, 6) is -0.635. The first-order valence-electron chi connectivity index (χ1n) is 4.39. The Labute approximate surface area is 86.5 Å². The lowest BCUT2D eigenvalue weighted by molar-refractivity contribution is -0.138. The average molecular weight is 212 g/mol. The molecule has 0 heterocycles. The molecule has 5 heteroatoms. The lowest BCUT2D eigenvalue weighted by Crippen LogP contribution is -2.32. The van der Waals surface area contributed by atoms with E-state index in [0.29, 0.717) is 5.75 Å². The number of carboxylic acids is 1. The van der Waals surface area contributed by atoms with Gasteiger partial charge in [-0.15, -0.1) is 0 Å². The Balaban J connectivity index is 2.60. The molecule has 0 saturated carbocycles. The molecule has 0 bridgehead atoms. The fourth-order valence-electron chi connectivity index (χ4n) is 1.13. The van der Waals surface area contributed by atoms with Crippen molar-refractivity contribution in [2.45, 2.75) is 12.5 Å². The fraction of sp³-hybridized carbons (Fsp3) is 0.300. The van der Waals surface area contributed by atoms with Crippen molar-refractivity contribution in [1.29, 1.82) is 0 Å². The molecule has 1 aromatic carbocycles. The standard InChI is InChI=1S/C10H12FNO3/c11-6-15-8-3-1-7(2-4-8)5-9(12)10(13)14/h1-4,9H,5-6,12H2,(H,13,14)/t9-/m1/s1/i11-1. The van der Waals surface area contributed by atoms with Crippen molar-refractivity contribution in [1.82, 2.24) is 0 Å². The number of rotatable bonds is 5. The third-order valence-corrected chi connectivity index (χ3v) is 1.92. The lowest BCUT2D eigenvalue weighted by atomic mass is 10.1. The van der Waals surface area contributed by atoms with Gasteiger partial charge in [0, 0.05) is 0 Å². The Morgan fingerprint density at radius 1 is 1.47 bits per heavy atom. The van der Waals surface area contributed by atoms with E-state index in [1.807, 2.05) is 0 Å². The van der Waals surface area contributed by atoms with Crippen molar-refractivity contribution in [3.63, 3.8) is 0 Å². The summed E-state index contributed by atoms with van der Waals surface area (Å²) in [6.45, 7) is -0.881. The van der Waals surface area contributed by atoms with E-state index < -0.39 is 18.9 Å². The molecule has 0 aliphatic rings. The van der Waals surface area contributed by atoms with Crippen LogP contribution in [0, 0.1) is 0 Å². The van der Waals surface area contributed by atoms with E-state index >= 15 is 0 Å². The molecule has 1 aromatic rings. The van der Waals surface area contributed by atoms with Gasteiger partial charge in [0.2, 0.25) is 6.86 Å². The van der Waals surface area contributed by atoms with Gasteiger partial charge in [0.25, 0.3) is 0 Å². The largest absolute Gasteiger partial charge is 0.480 e. The predicted molar refractivity (Wildman–Crippen MR) is 52.4 cm³/mol. The van der Waals surface area contributed by atoms with Gasteiger partial charge in [0.1, 0.15) is 11.8 Å². The third kappa shape index (κ3) is 3.55. The van der Waals surface area contributed by atoms with Gasteiger partial charge in [0.15, 0.2) is 0 Å². The Morgan fingerprint density at radius 3 is 2.53 bits per heavy atom. The zero-order valence-electron chi connectivity index (χ0n) is 8.02. The molecular weight excluding hydrogens is 200 g/mol. The number of aliphatic carboxylic acids is 1. The van der Waals surface area contributed by atoms with Crippen molar-refractivity contribution in [2.75, 3.05) is 6.86 Å². The fourth-order valence-corrected chi connectivity index (χ4v) is 1.13. The molecule has 1 rings (SSSR count). The highest BCUT2D eigenvalue weighted by Gasteiger charge is 2.11. The smallest absolute Gasteiger partial charge is 0.320 e. The third-order valence-electron chi connectivity index (χ3n) is 1.92. The molecule has 0 fully saturated rings. The van der Waals surface area contributed by atoms with Gasteiger partial charge in [-0.25, -0.2) is 4.39 Å². The van der Waals surface area contributed by atoms with E-state index in [2.05, 4.69) is 4.74 Å². The summed E-state index contributed by atoms with van der Waals surface area (Å²) >= 11 is 0. The first-order valence-corrected chi connectivity index (χ1v) is 4.39. The van der Waals surface area contributed by atoms with Crippen LogP contribution in [0.3, 0.4) is 0 Å². The topological polar surface area (TPSA) is 72.5 Å². The molecule has 3 N–H and O–H groups in total. The van der Waals surface area contributed by atoms with Crippen LogP contribution in [0.15, 0.2) is 24.3 Å². The van der Waals surface area contributed by atoms with Crippen LogP contribution < -0.4 is 10.5 Å². The van der Waals surface area contributed by atoms with Crippen LogP contribution in [0.2, 0.25) is 0 Å². The van der Waals surface area contributed by atoms with E-state index in [1.165, 1.54) is 0 Å². The summed E-state index contributed by atoms with van der Waals surface area (Å²) in [5, 5.41) is 8.58. The molecule has 0 aliphatic carbocycles. The van der Waals surface area contributed by atoms with E-state index in [4.69, 9.17) is 10.8 Å². The van der Waals surface area contributed by atoms with E-state index in [-0.39, 0.29) is 6.42 Å². The number of alkyl halides is 1. The van der Waals surface area contributed by atoms with Crippen LogP contribution in [-0.4, -0.2) is 24.0 Å². The number of carbonyl (C=O) groups is 1. The molecule has 0 amide bonds. The van der Waals surface area contributed by atoms with Crippen LogP contribution in [0.25, 0.3) is 0 Å². The molecule has 4 nitrogen and oxygen atoms in total. The monoisotopic (exact) mass is 212 g/mol. The quantitative estimate of drug-likeness (QED) is 0.762. The molecule has 0 spiro atoms. The van der Waals surface area contributed by atoms with Gasteiger partial charge in [-0.05, 0) is 24.1 Å². The minimum atomic E-state index is -1.04. The summed E-state index contributed by atoms with van der Waals surface area (Å²) in [7, 11) is 0. The minimum absolute atomic E-state index is 0.241. The van der Waals surface area contributed by atoms with Crippen LogP contribution in [-0.2, 0) is 11.2 Å². The maximum Gasteiger partial charge on any atom is 0.320 e. The molecule has 82 valence electrons. The van der Waals surface area contributed by atoms with Gasteiger partial charge in [-0.2, -0.15) is 0 Å². The van der Waals surface area contributed by atoms with Crippen LogP contribution in [0.5, 0.6) is 5.75 Å². The molecule has 0 aromatic heterocycles. The lowest BCUT2D eigenvalue weighted by Gasteiger charge is -2.07. The highest BCUT2D eigenvalue weighted by molar-refractivity contribution is 5.73. The van der Waals surface area contributed by atoms with Crippen LogP contribution >= 0.6 is 0 Å². The normalized spacial score (nSPS) is 12.1. The van der Waals surface area contributed by atoms with Gasteiger partial charge in [0.05, 0.1) is 0 Å². The summed E-state index contributed by atoms with van der Waals surface area (Å²) in [4.78, 5) is 10.5. The molecule has 0 aliphatic heterocycles. The Hall–Kier alpha value is -1.62. The summed E-state index contributed by atoms with van der Waals surface area (Å²) in [5.41, 5.74) is 6.13. The van der Waals surface area contributed by atoms with Crippen molar-refractivity contribution in [2.24, 2.45) is 5.73 Å². The van der Waals surface area contributed by atoms with E-state index in [9.17, 15) is 9.18 Å². The summed E-state index contributed by atoms with van der Waals surface area (Å²) in [6, 6.07) is 5.55. The van der Waals surface area contributed by atoms with Gasteiger partial charge >= 0.3 is 5.97 Å². The number of ether oxygens (including phenoxy) is 1. The molecular formula is C10H12FNO3. The van der Waals surface area contributed by atoms with E-state index in [0.717, 1.165) is 5.56 Å². The average Bonchev–Trinajstić information content (AvgIpc) is 2.21. The first kappa shape index (κ1) is 11.5. The second kappa shape index (κ2) is 5.31. The number of nitrogens with two attached hydrogens (primary N) is 1. The maximum atomic E-state index is 11.8. The summed E-state index contributed by atoms with van der Waals surface area (Å²) < 4.78 is 16.4. The zero-order valence-corrected chi connectivity index (χ0v) is 8.02. The van der Waals surface area contributed by atoms with Crippen LogP contribution in [0.4, 0.5) is 4.39 Å². The number of hydrogen-bond donors (Lipinski definition) is 2. The highest BCUT2D eigenvalue weighted by atomic mass is 18.2. The molecule has 15 heavy (non-hydrogen) atoms. The van der Waals surface area contributed by atoms with Crippen LogP contribution in [0.1, 0.15) is 5.56 Å². The second-order valence-electron chi connectivity index (χ2n) is 3.05. The molecule has 0 unspecified atom stereocenters. The number of halogens is 1. The predicted octanol–water partition coefficient (Wildman–Crippen LogP) is 0.947. The van der Waals surface area contributed by atoms with Gasteiger partial charge in [-0.1, -0.05) is 12.1 Å². The zero-order chi connectivity index (χ0) is 11.3. The number of carboxylic acid groups (broad SMARTS) is 1. The minimum Gasteiger partial charge on any atom is -0.480 e. The van der Waals surface area contributed by atoms with Crippen molar-refractivity contribution in [3.05, 3.63) is 29.8 Å². The molecule has 1 atom stereocenters. The Bertz CT molecular complexity index is 326. The van der Waals surface area contributed by atoms with Crippen molar-refractivity contribution < 1.29 is 19.0 Å². The van der Waals surface area contributed by atoms with Crippen molar-refractivity contribution in [3.8, 4) is 5.75 Å². The number of benzene rings is 1. The first-order chi connectivity index (χ1) is 7.13. The molecule has 0 radical (unpaired) electrons. The number of hydrogen-bond acceptors (Lipinski definition) is 3. The summed E-state index contributed by atoms with van der Waals surface area (Å²) in [6.07, 6.45) is 0.241. The Kier molecular flexibility index (Phi) is 4.05.